The monoisotopic (exact) mass is 662 g/mol. The number of aromatic nitrogens is 3. The van der Waals surface area contributed by atoms with Gasteiger partial charge in [-0.2, -0.15) is 23.4 Å². The van der Waals surface area contributed by atoms with Gasteiger partial charge in [0.15, 0.2) is 11.6 Å². The Bertz CT molecular complexity index is 1920. The molecular weight excluding hydrogens is 635 g/mol. The molecule has 2 aliphatic rings. The van der Waals surface area contributed by atoms with Crippen LogP contribution in [0.1, 0.15) is 43.9 Å². The van der Waals surface area contributed by atoms with E-state index in [4.69, 9.17) is 14.2 Å². The highest BCUT2D eigenvalue weighted by atomic mass is 32.1. The lowest BCUT2D eigenvalue weighted by Crippen LogP contribution is -2.31. The van der Waals surface area contributed by atoms with Crippen molar-refractivity contribution in [3.63, 3.8) is 0 Å². The summed E-state index contributed by atoms with van der Waals surface area (Å²) in [6.45, 7) is 4.73. The SMILES string of the molecule is CN1C[C@@H](C(F)(F)F)C[C@H]1COc1ncc2c3c(c(-c4ncc(F)c5sc(NC(=O)OC(C)(C)C)c(C#N)c45)c(F)c2n1)COC3. The third-order valence-corrected chi connectivity index (χ3v) is 8.98. The van der Waals surface area contributed by atoms with Crippen LogP contribution in [0.15, 0.2) is 12.4 Å². The highest BCUT2D eigenvalue weighted by Crippen LogP contribution is 2.46. The number of carbonyl (C=O) groups is 1. The second-order valence-electron chi connectivity index (χ2n) is 12.1. The Balaban J connectivity index is 1.42. The first-order valence-corrected chi connectivity index (χ1v) is 15.0. The third kappa shape index (κ3) is 5.78. The number of halogens is 5. The summed E-state index contributed by atoms with van der Waals surface area (Å²) in [6, 6.07) is 1.18. The molecule has 242 valence electrons. The summed E-state index contributed by atoms with van der Waals surface area (Å²) in [6.07, 6.45) is -3.09. The van der Waals surface area contributed by atoms with Gasteiger partial charge >= 0.3 is 18.3 Å². The van der Waals surface area contributed by atoms with Crippen LogP contribution in [0, 0.1) is 28.9 Å². The van der Waals surface area contributed by atoms with Crippen molar-refractivity contribution >= 4 is 43.4 Å². The minimum Gasteiger partial charge on any atom is -0.462 e. The van der Waals surface area contributed by atoms with Crippen molar-refractivity contribution in [2.75, 3.05) is 25.5 Å². The Morgan fingerprint density at radius 3 is 2.61 bits per heavy atom. The summed E-state index contributed by atoms with van der Waals surface area (Å²) in [5, 5.41) is 12.9. The summed E-state index contributed by atoms with van der Waals surface area (Å²) in [4.78, 5) is 26.7. The Morgan fingerprint density at radius 1 is 1.20 bits per heavy atom. The van der Waals surface area contributed by atoms with Gasteiger partial charge in [-0.05, 0) is 45.4 Å². The zero-order valence-corrected chi connectivity index (χ0v) is 25.8. The Kier molecular flexibility index (Phi) is 7.98. The van der Waals surface area contributed by atoms with Gasteiger partial charge in [-0.1, -0.05) is 0 Å². The van der Waals surface area contributed by atoms with Gasteiger partial charge in [-0.3, -0.25) is 15.2 Å². The van der Waals surface area contributed by atoms with Crippen LogP contribution < -0.4 is 10.1 Å². The lowest BCUT2D eigenvalue weighted by atomic mass is 9.94. The average molecular weight is 663 g/mol. The molecule has 0 unspecified atom stereocenters. The zero-order valence-electron chi connectivity index (χ0n) is 25.0. The van der Waals surface area contributed by atoms with E-state index < -0.39 is 41.5 Å². The summed E-state index contributed by atoms with van der Waals surface area (Å²) in [5.74, 6) is -3.13. The number of ether oxygens (including phenoxy) is 3. The summed E-state index contributed by atoms with van der Waals surface area (Å²) < 4.78 is 88.0. The number of hydrogen-bond donors (Lipinski definition) is 1. The fourth-order valence-electron chi connectivity index (χ4n) is 5.75. The van der Waals surface area contributed by atoms with Crippen LogP contribution in [0.4, 0.5) is 31.7 Å². The summed E-state index contributed by atoms with van der Waals surface area (Å²) >= 11 is 0.781. The summed E-state index contributed by atoms with van der Waals surface area (Å²) in [5.41, 5.74) is -0.317. The molecule has 0 radical (unpaired) electrons. The van der Waals surface area contributed by atoms with Crippen LogP contribution in [-0.4, -0.2) is 64.0 Å². The minimum atomic E-state index is -4.33. The number of benzene rings is 1. The van der Waals surface area contributed by atoms with Crippen molar-refractivity contribution in [3.8, 4) is 23.3 Å². The third-order valence-electron chi connectivity index (χ3n) is 7.87. The van der Waals surface area contributed by atoms with E-state index in [1.807, 2.05) is 6.07 Å². The number of amides is 1. The molecule has 16 heteroatoms. The molecule has 1 N–H and O–H groups in total. The van der Waals surface area contributed by atoms with Crippen LogP contribution in [0.2, 0.25) is 0 Å². The molecule has 3 aromatic heterocycles. The van der Waals surface area contributed by atoms with Gasteiger partial charge in [0.25, 0.3) is 0 Å². The maximum absolute atomic E-state index is 16.6. The lowest BCUT2D eigenvalue weighted by Gasteiger charge is -2.19. The minimum absolute atomic E-state index is 0.00310. The second kappa shape index (κ2) is 11.6. The first-order chi connectivity index (χ1) is 21.7. The lowest BCUT2D eigenvalue weighted by molar-refractivity contribution is -0.170. The number of thiophene rings is 1. The van der Waals surface area contributed by atoms with E-state index in [0.29, 0.717) is 16.5 Å². The van der Waals surface area contributed by atoms with E-state index in [1.54, 1.807) is 32.7 Å². The van der Waals surface area contributed by atoms with Gasteiger partial charge < -0.3 is 14.2 Å². The number of alkyl halides is 3. The van der Waals surface area contributed by atoms with E-state index in [1.165, 1.54) is 6.20 Å². The Labute approximate surface area is 263 Å². The molecule has 0 saturated carbocycles. The number of anilines is 1. The number of carbonyl (C=O) groups excluding carboxylic acids is 1. The van der Waals surface area contributed by atoms with Crippen LogP contribution in [0.5, 0.6) is 6.01 Å². The van der Waals surface area contributed by atoms with Crippen LogP contribution in [-0.2, 0) is 22.7 Å². The Hall–Kier alpha value is -4.20. The standard InChI is InChI=1S/C30H27F5N6O4S/c1-29(2,3)45-28(42)40-26-15(6-36)21-24(37-8-19(31)25(21)46-26)20-18-12-43-11-17(18)16-7-38-27(39-23(16)22(20)32)44-10-14-5-13(9-41(14)4)30(33,34)35/h7-8,13-14H,5,9-12H2,1-4H3,(H,40,42)/t13-,14-/m0/s1. The van der Waals surface area contributed by atoms with Crippen LogP contribution >= 0.6 is 11.3 Å². The number of likely N-dealkylation sites (N-methyl/N-ethyl adjacent to an activating group) is 1. The maximum Gasteiger partial charge on any atom is 0.412 e. The summed E-state index contributed by atoms with van der Waals surface area (Å²) in [7, 11) is 1.57. The van der Waals surface area contributed by atoms with E-state index in [0.717, 1.165) is 17.5 Å². The number of hydrogen-bond acceptors (Lipinski definition) is 10. The molecule has 6 rings (SSSR count). The molecule has 1 aromatic carbocycles. The smallest absolute Gasteiger partial charge is 0.412 e. The first-order valence-electron chi connectivity index (χ1n) is 14.1. The second-order valence-corrected chi connectivity index (χ2v) is 13.2. The number of likely N-dealkylation sites (tertiary alicyclic amines) is 1. The molecule has 46 heavy (non-hydrogen) atoms. The van der Waals surface area contributed by atoms with Crippen LogP contribution in [0.25, 0.3) is 32.2 Å². The van der Waals surface area contributed by atoms with Crippen molar-refractivity contribution in [1.29, 1.82) is 5.26 Å². The van der Waals surface area contributed by atoms with Gasteiger partial charge in [-0.15, -0.1) is 11.3 Å². The number of nitrogens with one attached hydrogen (secondary N) is 1. The van der Waals surface area contributed by atoms with Crippen molar-refractivity contribution < 1.29 is 41.0 Å². The predicted molar refractivity (Wildman–Crippen MR) is 157 cm³/mol. The van der Waals surface area contributed by atoms with Gasteiger partial charge in [0.1, 0.15) is 28.8 Å². The topological polar surface area (TPSA) is 122 Å². The highest BCUT2D eigenvalue weighted by Gasteiger charge is 2.46. The highest BCUT2D eigenvalue weighted by molar-refractivity contribution is 7.23. The molecule has 1 saturated heterocycles. The normalized spacial score (nSPS) is 18.6. The van der Waals surface area contributed by atoms with Crippen molar-refractivity contribution in [3.05, 3.63) is 40.7 Å². The van der Waals surface area contributed by atoms with Crippen molar-refractivity contribution in [2.45, 2.75) is 58.2 Å². The quantitative estimate of drug-likeness (QED) is 0.233. The van der Waals surface area contributed by atoms with Crippen molar-refractivity contribution in [1.82, 2.24) is 19.9 Å². The molecule has 0 spiro atoms. The Morgan fingerprint density at radius 2 is 1.93 bits per heavy atom. The van der Waals surface area contributed by atoms with E-state index in [2.05, 4.69) is 20.3 Å². The van der Waals surface area contributed by atoms with Gasteiger partial charge in [0.2, 0.25) is 0 Å². The molecule has 0 aliphatic carbocycles. The van der Waals surface area contributed by atoms with Gasteiger partial charge in [0, 0.05) is 35.1 Å². The number of fused-ring (bicyclic) bond motifs is 4. The number of rotatable bonds is 5. The molecule has 5 heterocycles. The van der Waals surface area contributed by atoms with Gasteiger partial charge in [-0.25, -0.2) is 18.6 Å². The number of nitriles is 1. The van der Waals surface area contributed by atoms with E-state index in [9.17, 15) is 23.2 Å². The van der Waals surface area contributed by atoms with E-state index in [-0.39, 0.29) is 76.2 Å². The predicted octanol–water partition coefficient (Wildman–Crippen LogP) is 6.69. The molecule has 1 fully saturated rings. The molecule has 2 atom stereocenters. The fraction of sp³-hybridized carbons (Fsp3) is 0.433. The first kappa shape index (κ1) is 31.8. The molecular formula is C30H27F5N6O4S. The van der Waals surface area contributed by atoms with Gasteiger partial charge in [0.05, 0.1) is 41.3 Å². The largest absolute Gasteiger partial charge is 0.462 e. The molecule has 2 aliphatic heterocycles. The molecule has 1 amide bonds. The van der Waals surface area contributed by atoms with Crippen molar-refractivity contribution in [2.24, 2.45) is 5.92 Å². The zero-order chi connectivity index (χ0) is 33.1. The molecule has 0 bridgehead atoms. The maximum atomic E-state index is 16.6. The van der Waals surface area contributed by atoms with Crippen LogP contribution in [0.3, 0.4) is 0 Å². The molecule has 4 aromatic rings. The van der Waals surface area contributed by atoms with E-state index >= 15 is 8.78 Å². The fourth-order valence-corrected chi connectivity index (χ4v) is 6.79. The number of pyridine rings is 1. The average Bonchev–Trinajstić information content (AvgIpc) is 3.69. The number of nitrogens with zero attached hydrogens (tertiary/aromatic N) is 5. The molecule has 10 nitrogen and oxygen atoms in total.